The fourth-order valence-corrected chi connectivity index (χ4v) is 3.55. The lowest BCUT2D eigenvalue weighted by atomic mass is 9.98. The van der Waals surface area contributed by atoms with E-state index in [0.717, 1.165) is 22.3 Å². The number of anilines is 2. The SMILES string of the molecule is COc1ccc(Nc2nc(-c3c(C)cc(C)cc3C)cs2)cc1. The maximum atomic E-state index is 5.18. The summed E-state index contributed by atoms with van der Waals surface area (Å²) in [7, 11) is 1.67. The summed E-state index contributed by atoms with van der Waals surface area (Å²) < 4.78 is 5.18. The number of benzene rings is 2. The van der Waals surface area contributed by atoms with Gasteiger partial charge in [0.05, 0.1) is 12.8 Å². The Morgan fingerprint density at radius 2 is 1.65 bits per heavy atom. The third-order valence-corrected chi connectivity index (χ3v) is 4.54. The number of thiazole rings is 1. The van der Waals surface area contributed by atoms with Crippen LogP contribution in [0.2, 0.25) is 0 Å². The first-order valence-corrected chi connectivity index (χ1v) is 8.39. The lowest BCUT2D eigenvalue weighted by Gasteiger charge is -2.09. The first-order chi connectivity index (χ1) is 11.1. The number of aromatic nitrogens is 1. The summed E-state index contributed by atoms with van der Waals surface area (Å²) in [5.41, 5.74) is 7.09. The second kappa shape index (κ2) is 6.42. The molecule has 118 valence electrons. The molecule has 3 nitrogen and oxygen atoms in total. The largest absolute Gasteiger partial charge is 0.497 e. The van der Waals surface area contributed by atoms with E-state index in [0.29, 0.717) is 0 Å². The molecular weight excluding hydrogens is 304 g/mol. The first-order valence-electron chi connectivity index (χ1n) is 7.51. The molecular formula is C19H20N2OS. The monoisotopic (exact) mass is 324 g/mol. The topological polar surface area (TPSA) is 34.1 Å². The maximum absolute atomic E-state index is 5.18. The second-order valence-corrected chi connectivity index (χ2v) is 6.52. The summed E-state index contributed by atoms with van der Waals surface area (Å²) >= 11 is 1.62. The van der Waals surface area contributed by atoms with Crippen LogP contribution < -0.4 is 10.1 Å². The van der Waals surface area contributed by atoms with Gasteiger partial charge in [0.25, 0.3) is 0 Å². The Morgan fingerprint density at radius 1 is 1.00 bits per heavy atom. The zero-order valence-electron chi connectivity index (χ0n) is 13.8. The highest BCUT2D eigenvalue weighted by Gasteiger charge is 2.11. The van der Waals surface area contributed by atoms with Crippen LogP contribution in [0.5, 0.6) is 5.75 Å². The molecule has 23 heavy (non-hydrogen) atoms. The van der Waals surface area contributed by atoms with Crippen LogP contribution >= 0.6 is 11.3 Å². The van der Waals surface area contributed by atoms with Crippen molar-refractivity contribution < 1.29 is 4.74 Å². The summed E-state index contributed by atoms with van der Waals surface area (Å²) in [6, 6.07) is 12.3. The lowest BCUT2D eigenvalue weighted by Crippen LogP contribution is -1.92. The van der Waals surface area contributed by atoms with E-state index in [-0.39, 0.29) is 0 Å². The number of rotatable bonds is 4. The average molecular weight is 324 g/mol. The zero-order valence-corrected chi connectivity index (χ0v) is 14.6. The van der Waals surface area contributed by atoms with Crippen molar-refractivity contribution in [2.75, 3.05) is 12.4 Å². The summed E-state index contributed by atoms with van der Waals surface area (Å²) in [5.74, 6) is 0.848. The number of hydrogen-bond donors (Lipinski definition) is 1. The van der Waals surface area contributed by atoms with Gasteiger partial charge in [-0.05, 0) is 56.2 Å². The molecule has 0 spiro atoms. The molecule has 0 aliphatic rings. The smallest absolute Gasteiger partial charge is 0.187 e. The Hall–Kier alpha value is -2.33. The Bertz CT molecular complexity index is 799. The fraction of sp³-hybridized carbons (Fsp3) is 0.211. The molecule has 0 amide bonds. The standard InChI is InChI=1S/C19H20N2OS/c1-12-9-13(2)18(14(3)10-12)17-11-23-19(21-17)20-15-5-7-16(22-4)8-6-15/h5-11H,1-4H3,(H,20,21). The van der Waals surface area contributed by atoms with Crippen LogP contribution in [-0.4, -0.2) is 12.1 Å². The molecule has 0 saturated heterocycles. The average Bonchev–Trinajstić information content (AvgIpc) is 2.95. The van der Waals surface area contributed by atoms with Gasteiger partial charge in [0, 0.05) is 16.6 Å². The molecule has 0 saturated carbocycles. The molecule has 1 N–H and O–H groups in total. The Balaban J connectivity index is 1.86. The van der Waals surface area contributed by atoms with E-state index in [4.69, 9.17) is 9.72 Å². The minimum absolute atomic E-state index is 0.848. The van der Waals surface area contributed by atoms with E-state index < -0.39 is 0 Å². The van der Waals surface area contributed by atoms with Gasteiger partial charge in [-0.2, -0.15) is 0 Å². The van der Waals surface area contributed by atoms with Crippen LogP contribution in [-0.2, 0) is 0 Å². The van der Waals surface area contributed by atoms with Crippen molar-refractivity contribution in [2.45, 2.75) is 20.8 Å². The maximum Gasteiger partial charge on any atom is 0.187 e. The van der Waals surface area contributed by atoms with Crippen LogP contribution in [0.25, 0.3) is 11.3 Å². The van der Waals surface area contributed by atoms with Crippen molar-refractivity contribution >= 4 is 22.2 Å². The molecule has 0 bridgehead atoms. The van der Waals surface area contributed by atoms with Crippen molar-refractivity contribution in [2.24, 2.45) is 0 Å². The van der Waals surface area contributed by atoms with Gasteiger partial charge >= 0.3 is 0 Å². The van der Waals surface area contributed by atoms with Gasteiger partial charge in [0.15, 0.2) is 5.13 Å². The molecule has 4 heteroatoms. The van der Waals surface area contributed by atoms with Gasteiger partial charge in [0.2, 0.25) is 0 Å². The quantitative estimate of drug-likeness (QED) is 0.689. The van der Waals surface area contributed by atoms with E-state index in [2.05, 4.69) is 43.6 Å². The third kappa shape index (κ3) is 3.37. The second-order valence-electron chi connectivity index (χ2n) is 5.67. The third-order valence-electron chi connectivity index (χ3n) is 3.78. The minimum Gasteiger partial charge on any atom is -0.497 e. The predicted molar refractivity (Wildman–Crippen MR) is 98.0 cm³/mol. The molecule has 3 rings (SSSR count). The van der Waals surface area contributed by atoms with Crippen molar-refractivity contribution in [3.8, 4) is 17.0 Å². The van der Waals surface area contributed by atoms with E-state index >= 15 is 0 Å². The van der Waals surface area contributed by atoms with Crippen LogP contribution in [0.15, 0.2) is 41.8 Å². The number of methoxy groups -OCH3 is 1. The molecule has 3 aromatic rings. The normalized spacial score (nSPS) is 10.6. The van der Waals surface area contributed by atoms with Gasteiger partial charge in [-0.3, -0.25) is 0 Å². The van der Waals surface area contributed by atoms with Crippen LogP contribution in [0.1, 0.15) is 16.7 Å². The molecule has 2 aromatic carbocycles. The van der Waals surface area contributed by atoms with E-state index in [1.165, 1.54) is 22.3 Å². The van der Waals surface area contributed by atoms with E-state index in [1.54, 1.807) is 18.4 Å². The number of nitrogens with zero attached hydrogens (tertiary/aromatic N) is 1. The molecule has 0 atom stereocenters. The van der Waals surface area contributed by atoms with Gasteiger partial charge in [-0.15, -0.1) is 11.3 Å². The number of aryl methyl sites for hydroxylation is 3. The molecule has 0 unspecified atom stereocenters. The highest BCUT2D eigenvalue weighted by Crippen LogP contribution is 2.32. The summed E-state index contributed by atoms with van der Waals surface area (Å²) in [6.45, 7) is 6.41. The van der Waals surface area contributed by atoms with Gasteiger partial charge < -0.3 is 10.1 Å². The molecule has 0 fully saturated rings. The molecule has 0 aliphatic carbocycles. The Labute approximate surface area is 141 Å². The summed E-state index contributed by atoms with van der Waals surface area (Å²) in [4.78, 5) is 4.75. The van der Waals surface area contributed by atoms with Crippen molar-refractivity contribution in [3.05, 3.63) is 58.5 Å². The highest BCUT2D eigenvalue weighted by atomic mass is 32.1. The molecule has 1 heterocycles. The molecule has 1 aromatic heterocycles. The van der Waals surface area contributed by atoms with Crippen LogP contribution in [0.3, 0.4) is 0 Å². The zero-order chi connectivity index (χ0) is 16.4. The van der Waals surface area contributed by atoms with Crippen molar-refractivity contribution in [1.29, 1.82) is 0 Å². The Morgan fingerprint density at radius 3 is 2.26 bits per heavy atom. The lowest BCUT2D eigenvalue weighted by molar-refractivity contribution is 0.415. The van der Waals surface area contributed by atoms with Gasteiger partial charge in [-0.25, -0.2) is 4.98 Å². The van der Waals surface area contributed by atoms with Crippen molar-refractivity contribution in [3.63, 3.8) is 0 Å². The highest BCUT2D eigenvalue weighted by molar-refractivity contribution is 7.14. The van der Waals surface area contributed by atoms with Crippen LogP contribution in [0, 0.1) is 20.8 Å². The van der Waals surface area contributed by atoms with Gasteiger partial charge in [0.1, 0.15) is 5.75 Å². The van der Waals surface area contributed by atoms with Crippen LogP contribution in [0.4, 0.5) is 10.8 Å². The summed E-state index contributed by atoms with van der Waals surface area (Å²) in [5, 5.41) is 6.35. The summed E-state index contributed by atoms with van der Waals surface area (Å²) in [6.07, 6.45) is 0. The van der Waals surface area contributed by atoms with E-state index in [9.17, 15) is 0 Å². The Kier molecular flexibility index (Phi) is 4.35. The first kappa shape index (κ1) is 15.6. The van der Waals surface area contributed by atoms with Crippen molar-refractivity contribution in [1.82, 2.24) is 4.98 Å². The number of nitrogens with one attached hydrogen (secondary N) is 1. The van der Waals surface area contributed by atoms with E-state index in [1.807, 2.05) is 24.3 Å². The minimum atomic E-state index is 0.848. The van der Waals surface area contributed by atoms with Gasteiger partial charge in [-0.1, -0.05) is 17.7 Å². The molecule has 0 aliphatic heterocycles. The number of hydrogen-bond acceptors (Lipinski definition) is 4. The molecule has 0 radical (unpaired) electrons. The fourth-order valence-electron chi connectivity index (χ4n) is 2.83. The predicted octanol–water partition coefficient (Wildman–Crippen LogP) is 5.49. The number of ether oxygens (including phenoxy) is 1.